The molecule has 1 rings (SSSR count). The first kappa shape index (κ1) is 13.2. The Morgan fingerprint density at radius 1 is 1.19 bits per heavy atom. The van der Waals surface area contributed by atoms with E-state index in [1.807, 2.05) is 20.8 Å². The number of Topliss-reactive ketones (excluding diaryl/α,β-unsaturated/α-hetero) is 1. The summed E-state index contributed by atoms with van der Waals surface area (Å²) in [6, 6.07) is 0. The second-order valence-corrected chi connectivity index (χ2v) is 4.87. The number of carbonyl (C=O) groups excluding carboxylic acids is 1. The highest BCUT2D eigenvalue weighted by Gasteiger charge is 2.17. The summed E-state index contributed by atoms with van der Waals surface area (Å²) in [5, 5.41) is 0. The lowest BCUT2D eigenvalue weighted by Crippen LogP contribution is -2.06. The molecule has 0 atom stereocenters. The molecule has 0 aromatic heterocycles. The molecule has 3 heteroatoms. The van der Waals surface area contributed by atoms with E-state index in [-0.39, 0.29) is 5.78 Å². The van der Waals surface area contributed by atoms with E-state index in [9.17, 15) is 4.79 Å². The normalized spacial score (nSPS) is 10.4. The van der Waals surface area contributed by atoms with Crippen molar-refractivity contribution in [3.63, 3.8) is 0 Å². The summed E-state index contributed by atoms with van der Waals surface area (Å²) in [7, 11) is 1.65. The molecule has 0 aliphatic carbocycles. The average Bonchev–Trinajstić information content (AvgIpc) is 2.23. The van der Waals surface area contributed by atoms with Crippen molar-refractivity contribution in [3.05, 3.63) is 26.7 Å². The fourth-order valence-electron chi connectivity index (χ4n) is 1.88. The fourth-order valence-corrected chi connectivity index (χ4v) is 2.42. The second-order valence-electron chi connectivity index (χ2n) is 4.08. The molecule has 0 aliphatic heterocycles. The Morgan fingerprint density at radius 3 is 2.19 bits per heavy atom. The summed E-state index contributed by atoms with van der Waals surface area (Å²) < 4.78 is 6.49. The van der Waals surface area contributed by atoms with Crippen LogP contribution in [-0.2, 0) is 11.2 Å². The van der Waals surface area contributed by atoms with Crippen LogP contribution in [0.5, 0.6) is 5.75 Å². The zero-order valence-electron chi connectivity index (χ0n) is 10.4. The van der Waals surface area contributed by atoms with Gasteiger partial charge in [-0.05, 0) is 44.4 Å². The molecule has 88 valence electrons. The lowest BCUT2D eigenvalue weighted by atomic mass is 9.96. The van der Waals surface area contributed by atoms with Crippen LogP contribution in [0.4, 0.5) is 0 Å². The summed E-state index contributed by atoms with van der Waals surface area (Å²) in [6.45, 7) is 7.67. The van der Waals surface area contributed by atoms with E-state index in [0.717, 1.165) is 26.9 Å². The lowest BCUT2D eigenvalue weighted by Gasteiger charge is -2.18. The van der Waals surface area contributed by atoms with Crippen molar-refractivity contribution < 1.29 is 9.53 Å². The number of carbonyl (C=O) groups is 1. The van der Waals surface area contributed by atoms with Gasteiger partial charge in [0.25, 0.3) is 0 Å². The van der Waals surface area contributed by atoms with Crippen LogP contribution in [0.3, 0.4) is 0 Å². The number of methoxy groups -OCH3 is 1. The zero-order valence-corrected chi connectivity index (χ0v) is 12.0. The van der Waals surface area contributed by atoms with Gasteiger partial charge in [-0.2, -0.15) is 0 Å². The summed E-state index contributed by atoms with van der Waals surface area (Å²) in [5.41, 5.74) is 4.35. The molecule has 0 heterocycles. The van der Waals surface area contributed by atoms with Crippen LogP contribution < -0.4 is 4.74 Å². The maximum Gasteiger partial charge on any atom is 0.134 e. The molecule has 16 heavy (non-hydrogen) atoms. The Balaban J connectivity index is 3.50. The van der Waals surface area contributed by atoms with Gasteiger partial charge >= 0.3 is 0 Å². The van der Waals surface area contributed by atoms with E-state index in [1.54, 1.807) is 14.0 Å². The van der Waals surface area contributed by atoms with Gasteiger partial charge in [-0.25, -0.2) is 0 Å². The van der Waals surface area contributed by atoms with E-state index in [2.05, 4.69) is 15.9 Å². The number of halogens is 1. The third-order valence-electron chi connectivity index (χ3n) is 2.92. The molecule has 0 saturated carbocycles. The van der Waals surface area contributed by atoms with Crippen molar-refractivity contribution >= 4 is 21.7 Å². The van der Waals surface area contributed by atoms with E-state index in [4.69, 9.17) is 4.74 Å². The first-order valence-corrected chi connectivity index (χ1v) is 6.01. The third kappa shape index (κ3) is 2.29. The van der Waals surface area contributed by atoms with E-state index < -0.39 is 0 Å². The van der Waals surface area contributed by atoms with Gasteiger partial charge in [-0.15, -0.1) is 0 Å². The van der Waals surface area contributed by atoms with Gasteiger partial charge in [0.2, 0.25) is 0 Å². The lowest BCUT2D eigenvalue weighted by molar-refractivity contribution is -0.116. The number of benzene rings is 1. The van der Waals surface area contributed by atoms with Crippen LogP contribution in [0.25, 0.3) is 0 Å². The topological polar surface area (TPSA) is 26.3 Å². The second kappa shape index (κ2) is 5.00. The number of ether oxygens (including phenoxy) is 1. The monoisotopic (exact) mass is 284 g/mol. The van der Waals surface area contributed by atoms with Crippen molar-refractivity contribution in [2.24, 2.45) is 0 Å². The van der Waals surface area contributed by atoms with Gasteiger partial charge in [0.1, 0.15) is 11.5 Å². The molecule has 0 aliphatic rings. The van der Waals surface area contributed by atoms with Crippen molar-refractivity contribution in [2.75, 3.05) is 7.11 Å². The van der Waals surface area contributed by atoms with Crippen LogP contribution in [0, 0.1) is 20.8 Å². The Labute approximate surface area is 105 Å². The molecule has 0 amide bonds. The number of rotatable bonds is 3. The maximum absolute atomic E-state index is 11.3. The van der Waals surface area contributed by atoms with Crippen LogP contribution >= 0.6 is 15.9 Å². The van der Waals surface area contributed by atoms with Crippen LogP contribution in [0.15, 0.2) is 4.47 Å². The number of ketones is 1. The van der Waals surface area contributed by atoms with E-state index in [1.165, 1.54) is 5.56 Å². The van der Waals surface area contributed by atoms with Gasteiger partial charge in [-0.1, -0.05) is 15.9 Å². The molecular weight excluding hydrogens is 268 g/mol. The highest BCUT2D eigenvalue weighted by atomic mass is 79.9. The molecular formula is C13H17BrO2. The maximum atomic E-state index is 11.3. The highest BCUT2D eigenvalue weighted by Crippen LogP contribution is 2.36. The van der Waals surface area contributed by atoms with Gasteiger partial charge in [0, 0.05) is 16.5 Å². The summed E-state index contributed by atoms with van der Waals surface area (Å²) in [6.07, 6.45) is 0.425. The molecule has 0 radical (unpaired) electrons. The van der Waals surface area contributed by atoms with E-state index >= 15 is 0 Å². The zero-order chi connectivity index (χ0) is 12.5. The smallest absolute Gasteiger partial charge is 0.134 e. The van der Waals surface area contributed by atoms with Crippen molar-refractivity contribution in [1.29, 1.82) is 0 Å². The first-order valence-electron chi connectivity index (χ1n) is 5.21. The first-order chi connectivity index (χ1) is 7.40. The van der Waals surface area contributed by atoms with Crippen LogP contribution in [0.2, 0.25) is 0 Å². The molecule has 1 aromatic carbocycles. The molecule has 0 bridgehead atoms. The standard InChI is InChI=1S/C13H17BrO2/c1-7(15)6-11-10(4)12(14)8(2)9(3)13(11)16-5/h6H2,1-5H3. The summed E-state index contributed by atoms with van der Waals surface area (Å²) in [4.78, 5) is 11.3. The Morgan fingerprint density at radius 2 is 1.75 bits per heavy atom. The minimum absolute atomic E-state index is 0.150. The molecule has 0 spiro atoms. The van der Waals surface area contributed by atoms with Gasteiger partial charge in [0.15, 0.2) is 0 Å². The molecule has 0 fully saturated rings. The Hall–Kier alpha value is -0.830. The molecule has 0 unspecified atom stereocenters. The number of hydrogen-bond acceptors (Lipinski definition) is 2. The number of hydrogen-bond donors (Lipinski definition) is 0. The Bertz CT molecular complexity index is 436. The predicted molar refractivity (Wildman–Crippen MR) is 69.3 cm³/mol. The largest absolute Gasteiger partial charge is 0.496 e. The molecule has 0 N–H and O–H groups in total. The summed E-state index contributed by atoms with van der Waals surface area (Å²) >= 11 is 3.57. The molecule has 1 aromatic rings. The SMILES string of the molecule is COc1c(C)c(C)c(Br)c(C)c1CC(C)=O. The highest BCUT2D eigenvalue weighted by molar-refractivity contribution is 9.10. The third-order valence-corrected chi connectivity index (χ3v) is 4.11. The predicted octanol–water partition coefficient (Wildman–Crippen LogP) is 3.51. The molecule has 0 saturated heterocycles. The van der Waals surface area contributed by atoms with Gasteiger partial charge < -0.3 is 4.74 Å². The van der Waals surface area contributed by atoms with Gasteiger partial charge in [0.05, 0.1) is 7.11 Å². The van der Waals surface area contributed by atoms with Gasteiger partial charge in [-0.3, -0.25) is 4.79 Å². The van der Waals surface area contributed by atoms with Crippen LogP contribution in [-0.4, -0.2) is 12.9 Å². The average molecular weight is 285 g/mol. The van der Waals surface area contributed by atoms with E-state index in [0.29, 0.717) is 6.42 Å². The quantitative estimate of drug-likeness (QED) is 0.849. The minimum Gasteiger partial charge on any atom is -0.496 e. The van der Waals surface area contributed by atoms with Crippen molar-refractivity contribution in [2.45, 2.75) is 34.1 Å². The Kier molecular flexibility index (Phi) is 4.14. The van der Waals surface area contributed by atoms with Crippen molar-refractivity contribution in [1.82, 2.24) is 0 Å². The van der Waals surface area contributed by atoms with Crippen molar-refractivity contribution in [3.8, 4) is 5.75 Å². The minimum atomic E-state index is 0.150. The fraction of sp³-hybridized carbons (Fsp3) is 0.462. The molecule has 2 nitrogen and oxygen atoms in total. The van der Waals surface area contributed by atoms with Crippen LogP contribution in [0.1, 0.15) is 29.2 Å². The summed E-state index contributed by atoms with van der Waals surface area (Å²) in [5.74, 6) is 0.991.